The number of benzene rings is 2. The van der Waals surface area contributed by atoms with E-state index in [1.54, 1.807) is 43.4 Å². The molecule has 0 saturated heterocycles. The third-order valence-corrected chi connectivity index (χ3v) is 6.37. The fourth-order valence-corrected chi connectivity index (χ4v) is 4.72. The Hall–Kier alpha value is -2.00. The Bertz CT molecular complexity index is 1080. The second-order valence-corrected chi connectivity index (χ2v) is 8.18. The fraction of sp³-hybridized carbons (Fsp3) is 0.158. The third kappa shape index (κ3) is 4.61. The molecule has 156 valence electrons. The maximum atomic E-state index is 13.2. The zero-order valence-electron chi connectivity index (χ0n) is 15.1. The maximum Gasteiger partial charge on any atom is 0.416 e. The van der Waals surface area contributed by atoms with Crippen LogP contribution in [0.5, 0.6) is 0 Å². The Morgan fingerprint density at radius 2 is 1.62 bits per heavy atom. The molecule has 29 heavy (non-hydrogen) atoms. The van der Waals surface area contributed by atoms with Crippen molar-refractivity contribution in [3.8, 4) is 11.3 Å². The fourth-order valence-electron chi connectivity index (χ4n) is 2.80. The molecule has 0 amide bonds. The quantitative estimate of drug-likeness (QED) is 0.563. The van der Waals surface area contributed by atoms with Gasteiger partial charge in [0.25, 0.3) is 10.0 Å². The van der Waals surface area contributed by atoms with Crippen molar-refractivity contribution in [3.63, 3.8) is 0 Å². The molecular weight excluding hydrogens is 448 g/mol. The number of nitrogens with zero attached hydrogens (tertiary/aromatic N) is 1. The van der Waals surface area contributed by atoms with E-state index in [0.29, 0.717) is 23.4 Å². The molecule has 0 spiro atoms. The van der Waals surface area contributed by atoms with Gasteiger partial charge < -0.3 is 5.32 Å². The van der Waals surface area contributed by atoms with Crippen molar-refractivity contribution in [2.75, 3.05) is 7.05 Å². The highest BCUT2D eigenvalue weighted by Crippen LogP contribution is 2.35. The minimum Gasteiger partial charge on any atom is -0.316 e. The lowest BCUT2D eigenvalue weighted by molar-refractivity contribution is -0.137. The molecule has 0 aliphatic rings. The SMILES string of the molecule is CNCc1cc(-c2ccccc2)n(S(=O)(=O)c2ccc(C(F)(F)F)cc2)c1Cl.Cl. The van der Waals surface area contributed by atoms with Crippen molar-refractivity contribution in [3.05, 3.63) is 76.9 Å². The molecule has 10 heteroatoms. The molecule has 0 saturated carbocycles. The van der Waals surface area contributed by atoms with Gasteiger partial charge in [0.15, 0.2) is 0 Å². The average Bonchev–Trinajstić information content (AvgIpc) is 2.99. The Labute approximate surface area is 177 Å². The molecule has 2 aromatic carbocycles. The molecule has 0 atom stereocenters. The summed E-state index contributed by atoms with van der Waals surface area (Å²) in [4.78, 5) is -0.286. The van der Waals surface area contributed by atoms with Crippen LogP contribution in [-0.4, -0.2) is 19.4 Å². The highest BCUT2D eigenvalue weighted by molar-refractivity contribution is 7.90. The maximum absolute atomic E-state index is 13.2. The van der Waals surface area contributed by atoms with Gasteiger partial charge in [0.2, 0.25) is 0 Å². The van der Waals surface area contributed by atoms with Gasteiger partial charge in [-0.3, -0.25) is 0 Å². The average molecular weight is 465 g/mol. The van der Waals surface area contributed by atoms with Gasteiger partial charge in [-0.15, -0.1) is 12.4 Å². The molecular formula is C19H17Cl2F3N2O2S. The summed E-state index contributed by atoms with van der Waals surface area (Å²) in [5, 5.41) is 2.89. The summed E-state index contributed by atoms with van der Waals surface area (Å²) >= 11 is 6.36. The summed E-state index contributed by atoms with van der Waals surface area (Å²) in [5.41, 5.74) is 0.570. The normalized spacial score (nSPS) is 11.9. The van der Waals surface area contributed by atoms with Gasteiger partial charge in [-0.25, -0.2) is 12.4 Å². The Morgan fingerprint density at radius 1 is 1.03 bits per heavy atom. The van der Waals surface area contributed by atoms with Crippen LogP contribution < -0.4 is 5.32 Å². The van der Waals surface area contributed by atoms with Crippen LogP contribution in [0, 0.1) is 0 Å². The number of hydrogen-bond acceptors (Lipinski definition) is 3. The molecule has 0 bridgehead atoms. The number of rotatable bonds is 5. The topological polar surface area (TPSA) is 51.1 Å². The minimum atomic E-state index is -4.55. The van der Waals surface area contributed by atoms with E-state index >= 15 is 0 Å². The minimum absolute atomic E-state index is 0. The summed E-state index contributed by atoms with van der Waals surface area (Å²) < 4.78 is 65.7. The number of halogens is 5. The predicted octanol–water partition coefficient (Wildman–Crippen LogP) is 5.21. The van der Waals surface area contributed by atoms with Crippen molar-refractivity contribution in [1.82, 2.24) is 9.29 Å². The summed E-state index contributed by atoms with van der Waals surface area (Å²) in [5.74, 6) is 0. The summed E-state index contributed by atoms with van der Waals surface area (Å²) in [7, 11) is -2.52. The van der Waals surface area contributed by atoms with Crippen LogP contribution in [0.3, 0.4) is 0 Å². The van der Waals surface area contributed by atoms with E-state index in [4.69, 9.17) is 11.6 Å². The number of alkyl halides is 3. The van der Waals surface area contributed by atoms with Crippen LogP contribution in [0.4, 0.5) is 13.2 Å². The van der Waals surface area contributed by atoms with Crippen LogP contribution in [0.1, 0.15) is 11.1 Å². The van der Waals surface area contributed by atoms with Gasteiger partial charge in [-0.2, -0.15) is 13.2 Å². The van der Waals surface area contributed by atoms with Crippen molar-refractivity contribution < 1.29 is 21.6 Å². The lowest BCUT2D eigenvalue weighted by Crippen LogP contribution is -2.15. The van der Waals surface area contributed by atoms with E-state index in [1.165, 1.54) is 0 Å². The molecule has 3 aromatic rings. The van der Waals surface area contributed by atoms with Crippen LogP contribution in [0.15, 0.2) is 65.6 Å². The smallest absolute Gasteiger partial charge is 0.316 e. The zero-order valence-corrected chi connectivity index (χ0v) is 17.5. The Kier molecular flexibility index (Phi) is 7.06. The summed E-state index contributed by atoms with van der Waals surface area (Å²) in [6, 6.07) is 13.7. The summed E-state index contributed by atoms with van der Waals surface area (Å²) in [6.45, 7) is 0.328. The number of aromatic nitrogens is 1. The Morgan fingerprint density at radius 3 is 2.14 bits per heavy atom. The van der Waals surface area contributed by atoms with Crippen LogP contribution in [0.2, 0.25) is 5.15 Å². The third-order valence-electron chi connectivity index (χ3n) is 4.13. The van der Waals surface area contributed by atoms with Crippen LogP contribution in [0.25, 0.3) is 11.3 Å². The second kappa shape index (κ2) is 8.79. The molecule has 1 heterocycles. The second-order valence-electron chi connectivity index (χ2n) is 6.03. The lowest BCUT2D eigenvalue weighted by Gasteiger charge is -2.13. The Balaban J connectivity index is 0.00000300. The van der Waals surface area contributed by atoms with Gasteiger partial charge in [-0.1, -0.05) is 41.9 Å². The first-order valence-electron chi connectivity index (χ1n) is 8.19. The lowest BCUT2D eigenvalue weighted by atomic mass is 10.1. The first kappa shape index (κ1) is 23.3. The largest absolute Gasteiger partial charge is 0.416 e. The standard InChI is InChI=1S/C19H16ClF3N2O2S.ClH/c1-24-12-14-11-17(13-5-3-2-4-6-13)25(18(14)20)28(26,27)16-9-7-15(8-10-16)19(21,22)23;/h2-11,24H,12H2,1H3;1H. The summed E-state index contributed by atoms with van der Waals surface area (Å²) in [6.07, 6.45) is -4.55. The van der Waals surface area contributed by atoms with Gasteiger partial charge in [0.05, 0.1) is 16.2 Å². The van der Waals surface area contributed by atoms with Crippen molar-refractivity contribution in [1.29, 1.82) is 0 Å². The van der Waals surface area contributed by atoms with Gasteiger partial charge in [-0.05, 0) is 42.9 Å². The number of nitrogens with one attached hydrogen (secondary N) is 1. The molecule has 0 aliphatic heterocycles. The van der Waals surface area contributed by atoms with Crippen molar-refractivity contribution >= 4 is 34.0 Å². The van der Waals surface area contributed by atoms with Crippen LogP contribution in [-0.2, 0) is 22.7 Å². The first-order chi connectivity index (χ1) is 13.2. The molecule has 0 aliphatic carbocycles. The monoisotopic (exact) mass is 464 g/mol. The molecule has 1 aromatic heterocycles. The van der Waals surface area contributed by atoms with E-state index in [9.17, 15) is 21.6 Å². The predicted molar refractivity (Wildman–Crippen MR) is 109 cm³/mol. The van der Waals surface area contributed by atoms with Gasteiger partial charge in [0, 0.05) is 12.1 Å². The molecule has 4 nitrogen and oxygen atoms in total. The van der Waals surface area contributed by atoms with Crippen molar-refractivity contribution in [2.45, 2.75) is 17.6 Å². The molecule has 0 unspecified atom stereocenters. The van der Waals surface area contributed by atoms with Crippen LogP contribution >= 0.6 is 24.0 Å². The molecule has 0 radical (unpaired) electrons. The highest BCUT2D eigenvalue weighted by Gasteiger charge is 2.32. The van der Waals surface area contributed by atoms with E-state index in [2.05, 4.69) is 5.32 Å². The van der Waals surface area contributed by atoms with E-state index < -0.39 is 21.8 Å². The molecule has 0 fully saturated rings. The zero-order chi connectivity index (χ0) is 20.5. The van der Waals surface area contributed by atoms with E-state index in [1.807, 2.05) is 0 Å². The highest BCUT2D eigenvalue weighted by atomic mass is 35.5. The molecule has 3 rings (SSSR count). The number of hydrogen-bond donors (Lipinski definition) is 1. The van der Waals surface area contributed by atoms with E-state index in [-0.39, 0.29) is 22.5 Å². The van der Waals surface area contributed by atoms with Gasteiger partial charge >= 0.3 is 6.18 Å². The molecule has 1 N–H and O–H groups in total. The van der Waals surface area contributed by atoms with Crippen molar-refractivity contribution in [2.24, 2.45) is 0 Å². The van der Waals surface area contributed by atoms with E-state index in [0.717, 1.165) is 28.2 Å². The first-order valence-corrected chi connectivity index (χ1v) is 10.0. The van der Waals surface area contributed by atoms with Gasteiger partial charge in [0.1, 0.15) is 5.15 Å².